The highest BCUT2D eigenvalue weighted by molar-refractivity contribution is 4.91. The van der Waals surface area contributed by atoms with E-state index in [2.05, 4.69) is 41.5 Å². The summed E-state index contributed by atoms with van der Waals surface area (Å²) >= 11 is 0. The van der Waals surface area contributed by atoms with Gasteiger partial charge in [0.2, 0.25) is 0 Å². The Morgan fingerprint density at radius 3 is 2.05 bits per heavy atom. The molecule has 0 bridgehead atoms. The maximum atomic E-state index is 2.56. The average molecular weight is 279 g/mol. The third-order valence-corrected chi connectivity index (χ3v) is 7.57. The van der Waals surface area contributed by atoms with Crippen LogP contribution in [0.1, 0.15) is 86.5 Å². The van der Waals surface area contributed by atoms with Crippen LogP contribution in [0.3, 0.4) is 0 Å². The first-order chi connectivity index (χ1) is 9.42. The van der Waals surface area contributed by atoms with E-state index in [1.807, 2.05) is 0 Å². The molecule has 0 aromatic carbocycles. The van der Waals surface area contributed by atoms with Crippen molar-refractivity contribution in [1.29, 1.82) is 0 Å². The van der Waals surface area contributed by atoms with Gasteiger partial charge in [-0.1, -0.05) is 54.4 Å². The van der Waals surface area contributed by atoms with Crippen molar-refractivity contribution in [2.75, 3.05) is 0 Å². The quantitative estimate of drug-likeness (QED) is 0.535. The molecular formula is C20H38. The summed E-state index contributed by atoms with van der Waals surface area (Å²) in [5.74, 6) is 5.92. The van der Waals surface area contributed by atoms with Crippen molar-refractivity contribution in [3.05, 3.63) is 0 Å². The fourth-order valence-electron chi connectivity index (χ4n) is 5.80. The SMILES string of the molecule is CCC1(CC)CCC(C(C)CC2C(C)CC2C)C(C)C1. The predicted molar refractivity (Wildman–Crippen MR) is 89.7 cm³/mol. The molecule has 118 valence electrons. The van der Waals surface area contributed by atoms with E-state index < -0.39 is 0 Å². The van der Waals surface area contributed by atoms with E-state index in [-0.39, 0.29) is 0 Å². The summed E-state index contributed by atoms with van der Waals surface area (Å²) in [4.78, 5) is 0. The van der Waals surface area contributed by atoms with Crippen molar-refractivity contribution >= 4 is 0 Å². The smallest absolute Gasteiger partial charge is 0.0300 e. The van der Waals surface area contributed by atoms with Crippen LogP contribution in [0.2, 0.25) is 0 Å². The standard InChI is InChI=1S/C20H38/c1-7-20(8-2)10-9-18(17(6)13-20)16(5)12-19-14(3)11-15(19)4/h14-19H,7-13H2,1-6H3. The van der Waals surface area contributed by atoms with Crippen LogP contribution in [-0.4, -0.2) is 0 Å². The lowest BCUT2D eigenvalue weighted by Gasteiger charge is -2.48. The molecule has 5 unspecified atom stereocenters. The lowest BCUT2D eigenvalue weighted by Crippen LogP contribution is -2.38. The molecule has 0 nitrogen and oxygen atoms in total. The molecule has 0 aromatic rings. The van der Waals surface area contributed by atoms with Gasteiger partial charge in [-0.25, -0.2) is 0 Å². The van der Waals surface area contributed by atoms with Crippen molar-refractivity contribution < 1.29 is 0 Å². The molecule has 2 rings (SSSR count). The maximum Gasteiger partial charge on any atom is -0.0300 e. The van der Waals surface area contributed by atoms with E-state index >= 15 is 0 Å². The highest BCUT2D eigenvalue weighted by Gasteiger charge is 2.41. The topological polar surface area (TPSA) is 0 Å². The second-order valence-electron chi connectivity index (χ2n) is 8.66. The Labute approximate surface area is 128 Å². The Hall–Kier alpha value is 0. The molecule has 0 saturated heterocycles. The maximum absolute atomic E-state index is 2.56. The molecule has 2 saturated carbocycles. The fraction of sp³-hybridized carbons (Fsp3) is 1.00. The second-order valence-corrected chi connectivity index (χ2v) is 8.66. The third-order valence-electron chi connectivity index (χ3n) is 7.57. The van der Waals surface area contributed by atoms with E-state index in [0.29, 0.717) is 5.41 Å². The Bertz CT molecular complexity index is 293. The lowest BCUT2D eigenvalue weighted by molar-refractivity contribution is 0.0230. The first kappa shape index (κ1) is 16.4. The van der Waals surface area contributed by atoms with Crippen LogP contribution in [0.5, 0.6) is 0 Å². The summed E-state index contributed by atoms with van der Waals surface area (Å²) in [5, 5.41) is 0. The summed E-state index contributed by atoms with van der Waals surface area (Å²) in [6, 6.07) is 0. The van der Waals surface area contributed by atoms with Crippen LogP contribution in [0.25, 0.3) is 0 Å². The summed E-state index contributed by atoms with van der Waals surface area (Å²) in [7, 11) is 0. The van der Waals surface area contributed by atoms with E-state index in [0.717, 1.165) is 35.5 Å². The number of hydrogen-bond acceptors (Lipinski definition) is 0. The van der Waals surface area contributed by atoms with Gasteiger partial charge in [0, 0.05) is 0 Å². The van der Waals surface area contributed by atoms with Crippen molar-refractivity contribution in [3.63, 3.8) is 0 Å². The molecule has 0 spiro atoms. The molecule has 0 heteroatoms. The fourth-order valence-corrected chi connectivity index (χ4v) is 5.80. The Balaban J connectivity index is 1.90. The number of hydrogen-bond donors (Lipinski definition) is 0. The minimum atomic E-state index is 0.687. The minimum Gasteiger partial charge on any atom is -0.0649 e. The molecule has 2 fully saturated rings. The van der Waals surface area contributed by atoms with Crippen LogP contribution in [-0.2, 0) is 0 Å². The van der Waals surface area contributed by atoms with Gasteiger partial charge in [-0.05, 0) is 73.0 Å². The monoisotopic (exact) mass is 278 g/mol. The molecular weight excluding hydrogens is 240 g/mol. The van der Waals surface area contributed by atoms with Crippen LogP contribution in [0, 0.1) is 40.9 Å². The molecule has 0 aliphatic heterocycles. The average Bonchev–Trinajstić information content (AvgIpc) is 2.44. The van der Waals surface area contributed by atoms with Gasteiger partial charge in [0.05, 0.1) is 0 Å². The van der Waals surface area contributed by atoms with E-state index in [4.69, 9.17) is 0 Å². The Morgan fingerprint density at radius 1 is 1.00 bits per heavy atom. The van der Waals surface area contributed by atoms with Crippen molar-refractivity contribution in [2.45, 2.75) is 86.5 Å². The zero-order chi connectivity index (χ0) is 14.9. The molecule has 2 aliphatic carbocycles. The van der Waals surface area contributed by atoms with Crippen LogP contribution in [0.4, 0.5) is 0 Å². The Kier molecular flexibility index (Phi) is 5.24. The van der Waals surface area contributed by atoms with Crippen LogP contribution >= 0.6 is 0 Å². The van der Waals surface area contributed by atoms with Gasteiger partial charge >= 0.3 is 0 Å². The van der Waals surface area contributed by atoms with Gasteiger partial charge in [0.25, 0.3) is 0 Å². The van der Waals surface area contributed by atoms with Gasteiger partial charge in [-0.2, -0.15) is 0 Å². The largest absolute Gasteiger partial charge is 0.0649 e. The molecule has 0 aromatic heterocycles. The normalized spacial score (nSPS) is 42.0. The molecule has 0 heterocycles. The summed E-state index contributed by atoms with van der Waals surface area (Å²) < 4.78 is 0. The van der Waals surface area contributed by atoms with Gasteiger partial charge in [0.15, 0.2) is 0 Å². The van der Waals surface area contributed by atoms with E-state index in [1.165, 1.54) is 44.9 Å². The minimum absolute atomic E-state index is 0.687. The zero-order valence-corrected chi connectivity index (χ0v) is 14.9. The van der Waals surface area contributed by atoms with Crippen molar-refractivity contribution in [2.24, 2.45) is 40.9 Å². The first-order valence-corrected chi connectivity index (χ1v) is 9.42. The molecule has 2 aliphatic rings. The summed E-state index contributed by atoms with van der Waals surface area (Å²) in [5.41, 5.74) is 0.687. The van der Waals surface area contributed by atoms with Gasteiger partial charge < -0.3 is 0 Å². The summed E-state index contributed by atoms with van der Waals surface area (Å²) in [6.45, 7) is 14.9. The predicted octanol–water partition coefficient (Wildman–Crippen LogP) is 6.55. The Morgan fingerprint density at radius 2 is 1.60 bits per heavy atom. The second kappa shape index (κ2) is 6.41. The molecule has 0 N–H and O–H groups in total. The molecule has 0 radical (unpaired) electrons. The van der Waals surface area contributed by atoms with Crippen LogP contribution in [0.15, 0.2) is 0 Å². The highest BCUT2D eigenvalue weighted by atomic mass is 14.5. The molecule has 0 amide bonds. The number of rotatable bonds is 5. The van der Waals surface area contributed by atoms with Crippen molar-refractivity contribution in [1.82, 2.24) is 0 Å². The van der Waals surface area contributed by atoms with Crippen molar-refractivity contribution in [3.8, 4) is 0 Å². The van der Waals surface area contributed by atoms with E-state index in [9.17, 15) is 0 Å². The molecule has 5 atom stereocenters. The zero-order valence-electron chi connectivity index (χ0n) is 14.9. The van der Waals surface area contributed by atoms with Gasteiger partial charge in [-0.15, -0.1) is 0 Å². The lowest BCUT2D eigenvalue weighted by atomic mass is 9.57. The molecule has 20 heavy (non-hydrogen) atoms. The highest BCUT2D eigenvalue weighted by Crippen LogP contribution is 2.51. The first-order valence-electron chi connectivity index (χ1n) is 9.42. The third kappa shape index (κ3) is 3.09. The van der Waals surface area contributed by atoms with Gasteiger partial charge in [-0.3, -0.25) is 0 Å². The van der Waals surface area contributed by atoms with Gasteiger partial charge in [0.1, 0.15) is 0 Å². The summed E-state index contributed by atoms with van der Waals surface area (Å²) in [6.07, 6.45) is 10.3. The van der Waals surface area contributed by atoms with E-state index in [1.54, 1.807) is 0 Å². The van der Waals surface area contributed by atoms with Crippen LogP contribution < -0.4 is 0 Å².